The van der Waals surface area contributed by atoms with Gasteiger partial charge in [0.1, 0.15) is 12.5 Å². The van der Waals surface area contributed by atoms with Gasteiger partial charge in [0.05, 0.1) is 5.69 Å². The van der Waals surface area contributed by atoms with Gasteiger partial charge in [-0.2, -0.15) is 0 Å². The molecular weight excluding hydrogens is 291 g/mol. The van der Waals surface area contributed by atoms with Crippen LogP contribution >= 0.6 is 0 Å². The maximum absolute atomic E-state index is 12.2. The molecule has 0 aliphatic carbocycles. The van der Waals surface area contributed by atoms with Crippen LogP contribution in [0.15, 0.2) is 36.5 Å². The molecule has 1 fully saturated rings. The van der Waals surface area contributed by atoms with E-state index in [0.29, 0.717) is 12.6 Å². The number of nitrogens with zero attached hydrogens (tertiary/aromatic N) is 3. The molecule has 5 heteroatoms. The number of aryl methyl sites for hydroxylation is 1. The number of alkyl halides is 1. The van der Waals surface area contributed by atoms with E-state index in [4.69, 9.17) is 0 Å². The summed E-state index contributed by atoms with van der Waals surface area (Å²) in [5.74, 6) is 0.785. The Labute approximate surface area is 136 Å². The van der Waals surface area contributed by atoms with Crippen LogP contribution in [0.1, 0.15) is 18.7 Å². The zero-order valence-corrected chi connectivity index (χ0v) is 13.5. The Balaban J connectivity index is 1.69. The summed E-state index contributed by atoms with van der Waals surface area (Å²) in [6.07, 6.45) is 3.90. The number of anilines is 1. The molecule has 1 aromatic carbocycles. The van der Waals surface area contributed by atoms with Crippen LogP contribution in [0.2, 0.25) is 0 Å². The maximum atomic E-state index is 12.2. The van der Waals surface area contributed by atoms with Gasteiger partial charge >= 0.3 is 0 Å². The second kappa shape index (κ2) is 7.51. The van der Waals surface area contributed by atoms with Crippen molar-refractivity contribution in [2.45, 2.75) is 25.8 Å². The van der Waals surface area contributed by atoms with Crippen LogP contribution in [-0.2, 0) is 0 Å². The molecule has 122 valence electrons. The Morgan fingerprint density at radius 1 is 1.26 bits per heavy atom. The van der Waals surface area contributed by atoms with Crippen LogP contribution in [0.25, 0.3) is 11.3 Å². The van der Waals surface area contributed by atoms with E-state index in [2.05, 4.69) is 44.5 Å². The van der Waals surface area contributed by atoms with Gasteiger partial charge in [0.25, 0.3) is 0 Å². The van der Waals surface area contributed by atoms with Crippen molar-refractivity contribution in [2.75, 3.05) is 31.2 Å². The standard InChI is InChI=1S/C18H23FN4/c1-14-20-9-5-18(22-14)15-3-2-4-17(13-15)23-11-6-16(7-12-23)21-10-8-19/h2-5,9,13,16,21H,6-8,10-12H2,1H3. The van der Waals surface area contributed by atoms with E-state index in [1.807, 2.05) is 13.0 Å². The minimum Gasteiger partial charge on any atom is -0.371 e. The lowest BCUT2D eigenvalue weighted by atomic mass is 10.0. The molecule has 2 heterocycles. The molecule has 23 heavy (non-hydrogen) atoms. The Bertz CT molecular complexity index is 638. The van der Waals surface area contributed by atoms with Crippen molar-refractivity contribution in [2.24, 2.45) is 0 Å². The minimum atomic E-state index is -0.291. The normalized spacial score (nSPS) is 15.8. The van der Waals surface area contributed by atoms with Crippen LogP contribution in [0, 0.1) is 6.92 Å². The van der Waals surface area contributed by atoms with Gasteiger partial charge in [-0.05, 0) is 38.0 Å². The van der Waals surface area contributed by atoms with E-state index in [0.717, 1.165) is 43.0 Å². The quantitative estimate of drug-likeness (QED) is 0.921. The SMILES string of the molecule is Cc1nccc(-c2cccc(N3CCC(NCCF)CC3)c2)n1. The fourth-order valence-corrected chi connectivity index (χ4v) is 3.08. The van der Waals surface area contributed by atoms with E-state index >= 15 is 0 Å². The van der Waals surface area contributed by atoms with Gasteiger partial charge in [0.2, 0.25) is 0 Å². The summed E-state index contributed by atoms with van der Waals surface area (Å²) in [5, 5.41) is 3.27. The Morgan fingerprint density at radius 3 is 2.83 bits per heavy atom. The van der Waals surface area contributed by atoms with Crippen LogP contribution in [0.3, 0.4) is 0 Å². The van der Waals surface area contributed by atoms with E-state index in [-0.39, 0.29) is 6.67 Å². The number of rotatable bonds is 5. The molecule has 0 saturated carbocycles. The molecule has 2 aromatic rings. The minimum absolute atomic E-state index is 0.291. The predicted octanol–water partition coefficient (Wildman–Crippen LogP) is 2.98. The van der Waals surface area contributed by atoms with Crippen molar-refractivity contribution in [1.29, 1.82) is 0 Å². The molecule has 3 rings (SSSR count). The van der Waals surface area contributed by atoms with Crippen molar-refractivity contribution in [1.82, 2.24) is 15.3 Å². The van der Waals surface area contributed by atoms with E-state index in [1.54, 1.807) is 6.20 Å². The van der Waals surface area contributed by atoms with Gasteiger partial charge in [0, 0.05) is 43.1 Å². The summed E-state index contributed by atoms with van der Waals surface area (Å²) >= 11 is 0. The van der Waals surface area contributed by atoms with Crippen LogP contribution in [0.4, 0.5) is 10.1 Å². The zero-order valence-electron chi connectivity index (χ0n) is 13.5. The number of hydrogen-bond acceptors (Lipinski definition) is 4. The first kappa shape index (κ1) is 15.9. The lowest BCUT2D eigenvalue weighted by Gasteiger charge is -2.34. The highest BCUT2D eigenvalue weighted by molar-refractivity contribution is 5.65. The summed E-state index contributed by atoms with van der Waals surface area (Å²) in [4.78, 5) is 11.0. The molecular formula is C18H23FN4. The lowest BCUT2D eigenvalue weighted by Crippen LogP contribution is -2.43. The second-order valence-electron chi connectivity index (χ2n) is 5.94. The van der Waals surface area contributed by atoms with Crippen molar-refractivity contribution >= 4 is 5.69 Å². The first-order valence-electron chi connectivity index (χ1n) is 8.20. The number of hydrogen-bond donors (Lipinski definition) is 1. The highest BCUT2D eigenvalue weighted by atomic mass is 19.1. The Hall–Kier alpha value is -2.01. The molecule has 1 aliphatic heterocycles. The number of halogens is 1. The number of aromatic nitrogens is 2. The van der Waals surface area contributed by atoms with Gasteiger partial charge < -0.3 is 10.2 Å². The van der Waals surface area contributed by atoms with Gasteiger partial charge in [0.15, 0.2) is 0 Å². The fraction of sp³-hybridized carbons (Fsp3) is 0.444. The molecule has 0 atom stereocenters. The number of piperidine rings is 1. The largest absolute Gasteiger partial charge is 0.371 e. The topological polar surface area (TPSA) is 41.1 Å². The second-order valence-corrected chi connectivity index (χ2v) is 5.94. The molecule has 1 aliphatic rings. The molecule has 1 saturated heterocycles. The van der Waals surface area contributed by atoms with Gasteiger partial charge in [-0.15, -0.1) is 0 Å². The zero-order chi connectivity index (χ0) is 16.1. The van der Waals surface area contributed by atoms with Crippen molar-refractivity contribution in [3.63, 3.8) is 0 Å². The van der Waals surface area contributed by atoms with Gasteiger partial charge in [-0.25, -0.2) is 14.4 Å². The molecule has 0 amide bonds. The molecule has 4 nitrogen and oxygen atoms in total. The molecule has 0 radical (unpaired) electrons. The monoisotopic (exact) mass is 314 g/mol. The van der Waals surface area contributed by atoms with E-state index in [9.17, 15) is 4.39 Å². The molecule has 1 aromatic heterocycles. The van der Waals surface area contributed by atoms with Crippen molar-refractivity contribution in [3.05, 3.63) is 42.4 Å². The van der Waals surface area contributed by atoms with Crippen LogP contribution < -0.4 is 10.2 Å². The number of nitrogens with one attached hydrogen (secondary N) is 1. The van der Waals surface area contributed by atoms with E-state index in [1.165, 1.54) is 5.69 Å². The summed E-state index contributed by atoms with van der Waals surface area (Å²) < 4.78 is 12.2. The Morgan fingerprint density at radius 2 is 2.09 bits per heavy atom. The molecule has 0 bridgehead atoms. The fourth-order valence-electron chi connectivity index (χ4n) is 3.08. The third-order valence-electron chi connectivity index (χ3n) is 4.31. The predicted molar refractivity (Wildman–Crippen MR) is 91.4 cm³/mol. The molecule has 0 spiro atoms. The van der Waals surface area contributed by atoms with E-state index < -0.39 is 0 Å². The average molecular weight is 314 g/mol. The summed E-state index contributed by atoms with van der Waals surface area (Å²) in [7, 11) is 0. The average Bonchev–Trinajstić information content (AvgIpc) is 2.60. The van der Waals surface area contributed by atoms with Crippen LogP contribution in [0.5, 0.6) is 0 Å². The van der Waals surface area contributed by atoms with Crippen LogP contribution in [-0.4, -0.2) is 42.3 Å². The molecule has 0 unspecified atom stereocenters. The number of benzene rings is 1. The molecule has 1 N–H and O–H groups in total. The van der Waals surface area contributed by atoms with Crippen molar-refractivity contribution in [3.8, 4) is 11.3 Å². The highest BCUT2D eigenvalue weighted by Crippen LogP contribution is 2.25. The highest BCUT2D eigenvalue weighted by Gasteiger charge is 2.19. The lowest BCUT2D eigenvalue weighted by molar-refractivity contribution is 0.382. The first-order chi connectivity index (χ1) is 11.3. The van der Waals surface area contributed by atoms with Gasteiger partial charge in [-0.3, -0.25) is 0 Å². The van der Waals surface area contributed by atoms with Crippen molar-refractivity contribution < 1.29 is 4.39 Å². The summed E-state index contributed by atoms with van der Waals surface area (Å²) in [5.41, 5.74) is 3.30. The first-order valence-corrected chi connectivity index (χ1v) is 8.20. The third kappa shape index (κ3) is 4.05. The maximum Gasteiger partial charge on any atom is 0.125 e. The third-order valence-corrected chi connectivity index (χ3v) is 4.31. The van der Waals surface area contributed by atoms with Gasteiger partial charge in [-0.1, -0.05) is 12.1 Å². The smallest absolute Gasteiger partial charge is 0.125 e. The Kier molecular flexibility index (Phi) is 5.18. The summed E-state index contributed by atoms with van der Waals surface area (Å²) in [6.45, 7) is 4.07. The summed E-state index contributed by atoms with van der Waals surface area (Å²) in [6, 6.07) is 10.9.